The fourth-order valence-electron chi connectivity index (χ4n) is 2.68. The Morgan fingerprint density at radius 1 is 1.19 bits per heavy atom. The molecule has 0 saturated carbocycles. The topological polar surface area (TPSA) is 65.9 Å². The molecule has 0 aliphatic rings. The van der Waals surface area contributed by atoms with E-state index < -0.39 is 0 Å². The van der Waals surface area contributed by atoms with Gasteiger partial charge in [-0.2, -0.15) is 0 Å². The van der Waals surface area contributed by atoms with Gasteiger partial charge in [-0.25, -0.2) is 0 Å². The van der Waals surface area contributed by atoms with Gasteiger partial charge in [-0.05, 0) is 50.2 Å². The Hall–Kier alpha value is -1.02. The molecule has 0 saturated heterocycles. The number of aliphatic hydroxyl groups excluding tert-OH is 1. The van der Waals surface area contributed by atoms with Crippen LogP contribution in [0.5, 0.6) is 5.75 Å². The molecule has 0 amide bonds. The van der Waals surface area contributed by atoms with Gasteiger partial charge < -0.3 is 20.5 Å². The van der Waals surface area contributed by atoms with Gasteiger partial charge in [0, 0.05) is 26.2 Å². The lowest BCUT2D eigenvalue weighted by atomic mass is 9.94. The van der Waals surface area contributed by atoms with Gasteiger partial charge >= 0.3 is 0 Å². The third-order valence-electron chi connectivity index (χ3n) is 3.82. The van der Waals surface area contributed by atoms with Crippen LogP contribution in [0.2, 0.25) is 0 Å². The number of hydrogen-bond acceptors (Lipinski definition) is 3. The molecule has 0 bridgehead atoms. The minimum atomic E-state index is 0. The number of nitrogens with one attached hydrogen (secondary N) is 2. The summed E-state index contributed by atoms with van der Waals surface area (Å²) < 4.78 is 5.69. The molecule has 26 heavy (non-hydrogen) atoms. The van der Waals surface area contributed by atoms with E-state index in [9.17, 15) is 5.11 Å². The highest BCUT2D eigenvalue weighted by Crippen LogP contribution is 2.15. The average Bonchev–Trinajstić information content (AvgIpc) is 2.59. The van der Waals surface area contributed by atoms with Crippen molar-refractivity contribution in [2.24, 2.45) is 16.8 Å². The molecule has 6 heteroatoms. The maximum absolute atomic E-state index is 9.22. The second kappa shape index (κ2) is 16.2. The zero-order valence-electron chi connectivity index (χ0n) is 16.4. The number of ether oxygens (including phenoxy) is 1. The fraction of sp³-hybridized carbons (Fsp3) is 0.650. The Morgan fingerprint density at radius 3 is 2.54 bits per heavy atom. The van der Waals surface area contributed by atoms with E-state index >= 15 is 0 Å². The first kappa shape index (κ1) is 25.0. The Morgan fingerprint density at radius 2 is 1.92 bits per heavy atom. The molecule has 5 nitrogen and oxygen atoms in total. The number of aliphatic imine (C=N–C) groups is 1. The summed E-state index contributed by atoms with van der Waals surface area (Å²) >= 11 is 0. The molecule has 1 aromatic rings. The molecular formula is C20H36IN3O2. The predicted octanol–water partition coefficient (Wildman–Crippen LogP) is 3.67. The lowest BCUT2D eigenvalue weighted by molar-refractivity contribution is 0.245. The lowest BCUT2D eigenvalue weighted by Gasteiger charge is -2.17. The number of para-hydroxylation sites is 1. The largest absolute Gasteiger partial charge is 0.494 e. The van der Waals surface area contributed by atoms with E-state index in [2.05, 4.69) is 36.4 Å². The molecule has 1 rings (SSSR count). The normalized spacial score (nSPS) is 12.4. The summed E-state index contributed by atoms with van der Waals surface area (Å²) in [5, 5.41) is 15.9. The molecule has 3 N–H and O–H groups in total. The van der Waals surface area contributed by atoms with Crippen LogP contribution in [0.4, 0.5) is 0 Å². The second-order valence-corrected chi connectivity index (χ2v) is 6.67. The van der Waals surface area contributed by atoms with Crippen molar-refractivity contribution in [1.82, 2.24) is 10.6 Å². The van der Waals surface area contributed by atoms with Crippen LogP contribution in [0.15, 0.2) is 35.3 Å². The summed E-state index contributed by atoms with van der Waals surface area (Å²) in [4.78, 5) is 4.68. The minimum Gasteiger partial charge on any atom is -0.494 e. The molecular weight excluding hydrogens is 441 g/mol. The Labute approximate surface area is 176 Å². The smallest absolute Gasteiger partial charge is 0.191 e. The third-order valence-corrected chi connectivity index (χ3v) is 3.82. The molecule has 0 aromatic heterocycles. The van der Waals surface area contributed by atoms with E-state index in [1.165, 1.54) is 0 Å². The van der Waals surface area contributed by atoms with Crippen LogP contribution < -0.4 is 15.4 Å². The summed E-state index contributed by atoms with van der Waals surface area (Å²) in [6.07, 6.45) is 2.81. The third kappa shape index (κ3) is 12.4. The van der Waals surface area contributed by atoms with Crippen LogP contribution in [0.25, 0.3) is 0 Å². The van der Waals surface area contributed by atoms with Crippen molar-refractivity contribution in [2.45, 2.75) is 40.0 Å². The van der Waals surface area contributed by atoms with E-state index in [4.69, 9.17) is 4.74 Å². The zero-order valence-corrected chi connectivity index (χ0v) is 18.7. The van der Waals surface area contributed by atoms with Gasteiger partial charge in [0.1, 0.15) is 5.75 Å². The highest BCUT2D eigenvalue weighted by molar-refractivity contribution is 14.0. The summed E-state index contributed by atoms with van der Waals surface area (Å²) in [6.45, 7) is 9.79. The first-order valence-corrected chi connectivity index (χ1v) is 9.46. The van der Waals surface area contributed by atoms with Crippen LogP contribution in [0, 0.1) is 11.8 Å². The number of aliphatic hydroxyl groups is 1. The molecule has 0 aliphatic heterocycles. The number of halogens is 1. The molecule has 0 spiro atoms. The molecule has 150 valence electrons. The van der Waals surface area contributed by atoms with Crippen molar-refractivity contribution in [3.63, 3.8) is 0 Å². The van der Waals surface area contributed by atoms with Gasteiger partial charge in [0.2, 0.25) is 0 Å². The van der Waals surface area contributed by atoms with Crippen molar-refractivity contribution in [1.29, 1.82) is 0 Å². The van der Waals surface area contributed by atoms with Gasteiger partial charge in [-0.1, -0.05) is 32.0 Å². The first-order chi connectivity index (χ1) is 12.2. The van der Waals surface area contributed by atoms with E-state index in [0.29, 0.717) is 18.4 Å². The quantitative estimate of drug-likeness (QED) is 0.186. The van der Waals surface area contributed by atoms with Crippen LogP contribution in [-0.2, 0) is 0 Å². The Balaban J connectivity index is 0.00000625. The Kier molecular flexibility index (Phi) is 15.5. The monoisotopic (exact) mass is 477 g/mol. The molecule has 1 atom stereocenters. The molecule has 0 aliphatic carbocycles. The summed E-state index contributed by atoms with van der Waals surface area (Å²) in [5.41, 5.74) is 0. The van der Waals surface area contributed by atoms with Gasteiger partial charge in [0.05, 0.1) is 6.61 Å². The molecule has 0 radical (unpaired) electrons. The van der Waals surface area contributed by atoms with Crippen LogP contribution in [0.3, 0.4) is 0 Å². The maximum Gasteiger partial charge on any atom is 0.191 e. The predicted molar refractivity (Wildman–Crippen MR) is 121 cm³/mol. The molecule has 0 fully saturated rings. The van der Waals surface area contributed by atoms with Gasteiger partial charge in [0.15, 0.2) is 5.96 Å². The molecule has 1 unspecified atom stereocenters. The van der Waals surface area contributed by atoms with E-state index in [1.54, 1.807) is 0 Å². The van der Waals surface area contributed by atoms with Crippen LogP contribution in [-0.4, -0.2) is 43.9 Å². The van der Waals surface area contributed by atoms with Crippen molar-refractivity contribution in [3.05, 3.63) is 30.3 Å². The average molecular weight is 477 g/mol. The number of benzene rings is 1. The van der Waals surface area contributed by atoms with E-state index in [0.717, 1.165) is 50.6 Å². The first-order valence-electron chi connectivity index (χ1n) is 9.46. The molecule has 1 aromatic carbocycles. The standard InChI is InChI=1S/C20H35N3O2.HI/c1-4-21-20(23-16-18(11-13-24)15-17(2)3)22-12-8-14-25-19-9-6-5-7-10-19;/h5-7,9-10,17-18,24H,4,8,11-16H2,1-3H3,(H2,21,22,23);1H. The summed E-state index contributed by atoms with van der Waals surface area (Å²) in [7, 11) is 0. The highest BCUT2D eigenvalue weighted by Gasteiger charge is 2.10. The van der Waals surface area contributed by atoms with Crippen molar-refractivity contribution in [3.8, 4) is 5.75 Å². The van der Waals surface area contributed by atoms with Crippen LogP contribution in [0.1, 0.15) is 40.0 Å². The minimum absolute atomic E-state index is 0. The highest BCUT2D eigenvalue weighted by atomic mass is 127. The van der Waals surface area contributed by atoms with Gasteiger partial charge in [0.25, 0.3) is 0 Å². The van der Waals surface area contributed by atoms with Crippen molar-refractivity contribution < 1.29 is 9.84 Å². The zero-order chi connectivity index (χ0) is 18.3. The molecule has 0 heterocycles. The van der Waals surface area contributed by atoms with Gasteiger partial charge in [-0.15, -0.1) is 24.0 Å². The van der Waals surface area contributed by atoms with Crippen LogP contribution >= 0.6 is 24.0 Å². The van der Waals surface area contributed by atoms with Gasteiger partial charge in [-0.3, -0.25) is 4.99 Å². The Bertz CT molecular complexity index is 469. The fourth-order valence-corrected chi connectivity index (χ4v) is 2.68. The van der Waals surface area contributed by atoms with Crippen molar-refractivity contribution >= 4 is 29.9 Å². The number of hydrogen-bond donors (Lipinski definition) is 3. The SMILES string of the molecule is CCNC(=NCC(CCO)CC(C)C)NCCCOc1ccccc1.I. The summed E-state index contributed by atoms with van der Waals surface area (Å²) in [5.74, 6) is 2.80. The number of rotatable bonds is 12. The summed E-state index contributed by atoms with van der Waals surface area (Å²) in [6, 6.07) is 9.87. The van der Waals surface area contributed by atoms with E-state index in [-0.39, 0.29) is 30.6 Å². The number of guanidine groups is 1. The maximum atomic E-state index is 9.22. The van der Waals surface area contributed by atoms with Crippen molar-refractivity contribution in [2.75, 3.05) is 32.8 Å². The number of nitrogens with zero attached hydrogens (tertiary/aromatic N) is 1. The second-order valence-electron chi connectivity index (χ2n) is 6.67. The van der Waals surface area contributed by atoms with E-state index in [1.807, 2.05) is 30.3 Å². The lowest BCUT2D eigenvalue weighted by Crippen LogP contribution is -2.38.